The second-order valence-corrected chi connectivity index (χ2v) is 15.7. The highest BCUT2D eigenvalue weighted by molar-refractivity contribution is 6.32. The average Bonchev–Trinajstić information content (AvgIpc) is 3.19. The van der Waals surface area contributed by atoms with Gasteiger partial charge in [-0.15, -0.1) is 0 Å². The van der Waals surface area contributed by atoms with E-state index in [1.165, 1.54) is 19.3 Å². The van der Waals surface area contributed by atoms with Gasteiger partial charge in [0.15, 0.2) is 5.60 Å². The lowest BCUT2D eigenvalue weighted by molar-refractivity contribution is -0.163. The summed E-state index contributed by atoms with van der Waals surface area (Å²) < 4.78 is 19.6. The summed E-state index contributed by atoms with van der Waals surface area (Å²) in [5.41, 5.74) is 3.76. The first-order valence-electron chi connectivity index (χ1n) is 18.7. The van der Waals surface area contributed by atoms with Crippen molar-refractivity contribution in [3.05, 3.63) is 106 Å². The van der Waals surface area contributed by atoms with Crippen molar-refractivity contribution in [2.45, 2.75) is 69.9 Å². The van der Waals surface area contributed by atoms with Crippen molar-refractivity contribution < 1.29 is 49.0 Å². The number of halogens is 1. The highest BCUT2D eigenvalue weighted by Crippen LogP contribution is 2.49. The van der Waals surface area contributed by atoms with Gasteiger partial charge in [0.25, 0.3) is 0 Å². The van der Waals surface area contributed by atoms with Gasteiger partial charge in [0.2, 0.25) is 5.91 Å². The maximum Gasteiger partial charge on any atom is 0.335 e. The number of carbonyl (C=O) groups is 3. The Kier molecular flexibility index (Phi) is 13.8. The van der Waals surface area contributed by atoms with Crippen molar-refractivity contribution in [3.8, 4) is 11.5 Å². The summed E-state index contributed by atoms with van der Waals surface area (Å²) in [4.78, 5) is 41.4. The minimum atomic E-state index is -1.70. The van der Waals surface area contributed by atoms with Crippen LogP contribution >= 0.6 is 11.6 Å². The van der Waals surface area contributed by atoms with Crippen LogP contribution in [0.3, 0.4) is 0 Å². The lowest BCUT2D eigenvalue weighted by Gasteiger charge is -2.47. The molecule has 0 bridgehead atoms. The number of rotatable bonds is 19. The van der Waals surface area contributed by atoms with Gasteiger partial charge in [-0.25, -0.2) is 4.79 Å². The topological polar surface area (TPSA) is 214 Å². The molecule has 15 heteroatoms. The summed E-state index contributed by atoms with van der Waals surface area (Å²) >= 11 is 6.87. The van der Waals surface area contributed by atoms with E-state index in [1.807, 2.05) is 42.5 Å². The lowest BCUT2D eigenvalue weighted by Crippen LogP contribution is -2.52. The maximum absolute atomic E-state index is 11.9. The molecule has 7 N–H and O–H groups in total. The zero-order valence-electron chi connectivity index (χ0n) is 32.4. The number of nitrogens with zero attached hydrogens (tertiary/aromatic N) is 2. The van der Waals surface area contributed by atoms with E-state index in [0.717, 1.165) is 11.1 Å². The largest absolute Gasteiger partial charge is 0.488 e. The van der Waals surface area contributed by atoms with E-state index in [2.05, 4.69) is 35.1 Å². The zero-order valence-corrected chi connectivity index (χ0v) is 33.1. The first kappa shape index (κ1) is 43.3. The Balaban J connectivity index is 1.40. The fourth-order valence-electron chi connectivity index (χ4n) is 6.92. The lowest BCUT2D eigenvalue weighted by atomic mass is 9.65. The number of carbonyl (C=O) groups excluding carboxylic acids is 1. The van der Waals surface area contributed by atoms with Gasteiger partial charge in [0, 0.05) is 67.8 Å². The van der Waals surface area contributed by atoms with Crippen molar-refractivity contribution in [3.63, 3.8) is 0 Å². The molecule has 1 amide bonds. The number of aliphatic carboxylic acids is 2. The molecular weight excluding hydrogens is 756 g/mol. The van der Waals surface area contributed by atoms with E-state index in [9.17, 15) is 34.8 Å². The Morgan fingerprint density at radius 1 is 1.04 bits per heavy atom. The number of likely N-dealkylation sites (tertiary alicyclic amines) is 1. The third-order valence-electron chi connectivity index (χ3n) is 11.0. The van der Waals surface area contributed by atoms with Crippen LogP contribution < -0.4 is 20.5 Å². The number of aliphatic hydroxyl groups excluding tert-OH is 1. The molecule has 1 saturated heterocycles. The Bertz CT molecular complexity index is 1980. The molecule has 2 aromatic carbocycles. The Morgan fingerprint density at radius 3 is 2.40 bits per heavy atom. The molecule has 14 nitrogen and oxygen atoms in total. The van der Waals surface area contributed by atoms with Crippen LogP contribution in [0.15, 0.2) is 79.2 Å². The number of piperidine rings is 1. The highest BCUT2D eigenvalue weighted by Gasteiger charge is 2.49. The molecule has 1 aliphatic carbocycles. The van der Waals surface area contributed by atoms with Crippen molar-refractivity contribution >= 4 is 35.0 Å². The van der Waals surface area contributed by atoms with Gasteiger partial charge in [-0.3, -0.25) is 19.9 Å². The number of allylic oxidation sites excluding steroid dienone is 2. The predicted octanol–water partition coefficient (Wildman–Crippen LogP) is 4.45. The van der Waals surface area contributed by atoms with Crippen molar-refractivity contribution in [2.24, 2.45) is 11.1 Å². The number of aromatic nitrogens is 1. The molecule has 3 aromatic rings. The van der Waals surface area contributed by atoms with E-state index in [-0.39, 0.29) is 48.9 Å². The first-order valence-corrected chi connectivity index (χ1v) is 19.1. The summed E-state index contributed by atoms with van der Waals surface area (Å²) in [6, 6.07) is 14.8. The van der Waals surface area contributed by atoms with Gasteiger partial charge in [0.05, 0.1) is 17.2 Å². The van der Waals surface area contributed by atoms with Crippen LogP contribution in [0.5, 0.6) is 11.5 Å². The second-order valence-electron chi connectivity index (χ2n) is 15.3. The third kappa shape index (κ3) is 10.0. The molecule has 0 saturated carbocycles. The molecule has 1 fully saturated rings. The van der Waals surface area contributed by atoms with Crippen molar-refractivity contribution in [1.29, 1.82) is 0 Å². The number of ether oxygens (including phenoxy) is 3. The molecule has 2 atom stereocenters. The number of primary amides is 1. The number of benzene rings is 2. The van der Waals surface area contributed by atoms with Crippen LogP contribution in [0.1, 0.15) is 67.1 Å². The number of carboxylic acids is 2. The molecule has 0 radical (unpaired) electrons. The van der Waals surface area contributed by atoms with Gasteiger partial charge in [-0.1, -0.05) is 67.9 Å². The molecule has 57 heavy (non-hydrogen) atoms. The van der Waals surface area contributed by atoms with E-state index in [4.69, 9.17) is 31.5 Å². The van der Waals surface area contributed by atoms with Gasteiger partial charge < -0.3 is 45.3 Å². The Morgan fingerprint density at radius 2 is 1.75 bits per heavy atom. The Labute approximate surface area is 336 Å². The van der Waals surface area contributed by atoms with E-state index in [0.29, 0.717) is 49.5 Å². The van der Waals surface area contributed by atoms with E-state index in [1.54, 1.807) is 18.2 Å². The fraction of sp³-hybridized carbons (Fsp3) is 0.429. The van der Waals surface area contributed by atoms with Crippen LogP contribution in [0.2, 0.25) is 5.02 Å². The summed E-state index contributed by atoms with van der Waals surface area (Å²) in [6.07, 6.45) is 9.82. The van der Waals surface area contributed by atoms with E-state index < -0.39 is 46.6 Å². The maximum atomic E-state index is 11.9. The van der Waals surface area contributed by atoms with Gasteiger partial charge in [-0.05, 0) is 55.5 Å². The third-order valence-corrected chi connectivity index (χ3v) is 11.3. The number of hydrogen-bond donors (Lipinski definition) is 6. The van der Waals surface area contributed by atoms with Crippen LogP contribution in [0, 0.1) is 5.41 Å². The molecular formula is C42H51ClN4O10. The number of aliphatic hydroxyl groups is 2. The second kappa shape index (κ2) is 18.2. The average molecular weight is 807 g/mol. The summed E-state index contributed by atoms with van der Waals surface area (Å²) in [5, 5.41) is 42.5. The monoisotopic (exact) mass is 806 g/mol. The smallest absolute Gasteiger partial charge is 0.335 e. The van der Waals surface area contributed by atoms with Crippen molar-refractivity contribution in [2.75, 3.05) is 39.5 Å². The Hall–Kier alpha value is -4.83. The summed E-state index contributed by atoms with van der Waals surface area (Å²) in [5.74, 6) is -2.52. The minimum Gasteiger partial charge on any atom is -0.488 e. The molecule has 2 aliphatic rings. The fourth-order valence-corrected chi connectivity index (χ4v) is 7.16. The molecule has 1 aliphatic heterocycles. The number of nitrogens with one attached hydrogen (secondary N) is 1. The van der Waals surface area contributed by atoms with Crippen molar-refractivity contribution in [1.82, 2.24) is 15.2 Å². The van der Waals surface area contributed by atoms with Crippen LogP contribution in [0.25, 0.3) is 5.57 Å². The number of carboxylic acid groups (broad SMARTS) is 2. The number of pyridine rings is 1. The van der Waals surface area contributed by atoms with Gasteiger partial charge in [-0.2, -0.15) is 0 Å². The molecule has 1 aromatic heterocycles. The number of hydrogen-bond acceptors (Lipinski definition) is 11. The summed E-state index contributed by atoms with van der Waals surface area (Å²) in [6.45, 7) is 6.74. The first-order chi connectivity index (χ1) is 27.0. The van der Waals surface area contributed by atoms with Crippen LogP contribution in [-0.2, 0) is 27.5 Å². The zero-order chi connectivity index (χ0) is 41.4. The highest BCUT2D eigenvalue weighted by atomic mass is 35.5. The van der Waals surface area contributed by atoms with Crippen LogP contribution in [0.4, 0.5) is 0 Å². The molecule has 0 spiro atoms. The number of nitrogens with two attached hydrogens (primary N) is 1. The van der Waals surface area contributed by atoms with Gasteiger partial charge >= 0.3 is 11.9 Å². The standard InChI is InChI=1S/C42H51ClN4O10/c1-39(2)32(29-9-5-4-6-10-29)11-7-12-42(39,57-18-8-15-47-16-13-41(54,14-17-47)38(52)53)27-56-35-21-34(55-25-28-19-31(36(44)49)23-45-22-28)30(20-33(35)43)24-46-40(3,26-48)37(50)51/h4-7,9-12,19-23,46,48,54H,8,13-18,24-27H2,1-3H3,(H2,44,49)(H,50,51)(H,52,53)/t40?,42-/m0/s1. The molecule has 5 rings (SSSR count). The SMILES string of the molecule is CC(CO)(NCc1cc(Cl)c(OC[C@@]2(OCCCN3CCC(O)(C(=O)O)CC3)C=CC=C(c3ccccc3)C2(C)C)cc1OCc1cncc(C(N)=O)c1)C(=O)O. The predicted molar refractivity (Wildman–Crippen MR) is 213 cm³/mol. The van der Waals surface area contributed by atoms with Crippen LogP contribution in [-0.4, -0.2) is 104 Å². The summed E-state index contributed by atoms with van der Waals surface area (Å²) in [7, 11) is 0. The molecule has 2 heterocycles. The quantitative estimate of drug-likeness (QED) is 0.0926. The van der Waals surface area contributed by atoms with Gasteiger partial charge in [0.1, 0.15) is 35.9 Å². The van der Waals surface area contributed by atoms with E-state index >= 15 is 0 Å². The minimum absolute atomic E-state index is 0.0267. The normalized spacial score (nSPS) is 19.9. The number of amides is 1. The molecule has 1 unspecified atom stereocenters. The molecule has 306 valence electrons.